The second-order valence-corrected chi connectivity index (χ2v) is 3.26. The lowest BCUT2D eigenvalue weighted by molar-refractivity contribution is -0.299. The van der Waals surface area contributed by atoms with Gasteiger partial charge in [-0.15, -0.1) is 0 Å². The first-order valence-electron chi connectivity index (χ1n) is 5.89. The highest BCUT2D eigenvalue weighted by molar-refractivity contribution is 4.90. The molecule has 0 spiro atoms. The maximum absolute atomic E-state index is 9.88. The Labute approximate surface area is 91.5 Å². The zero-order chi connectivity index (χ0) is 12.8. The van der Waals surface area contributed by atoms with Crippen molar-refractivity contribution in [3.05, 3.63) is 0 Å². The normalized spacial score (nSPS) is 43.5. The van der Waals surface area contributed by atoms with E-state index in [-0.39, 0.29) is 20.8 Å². The third-order valence-electron chi connectivity index (χ3n) is 2.35. The van der Waals surface area contributed by atoms with Gasteiger partial charge in [0.25, 0.3) is 0 Å². The summed E-state index contributed by atoms with van der Waals surface area (Å²) in [5, 5.41) is 19.7. The van der Waals surface area contributed by atoms with Gasteiger partial charge < -0.3 is 29.2 Å². The van der Waals surface area contributed by atoms with E-state index in [9.17, 15) is 10.2 Å². The molecule has 1 unspecified atom stereocenters. The number of hydrogen-bond acceptors (Lipinski definition) is 6. The molecular weight excluding hydrogens is 204 g/mol. The zero-order valence-corrected chi connectivity index (χ0v) is 8.54. The predicted molar refractivity (Wildman–Crippen MR) is 50.4 cm³/mol. The van der Waals surface area contributed by atoms with Crippen molar-refractivity contribution in [1.82, 2.24) is 0 Å². The Kier molecular flexibility index (Phi) is 3.81. The van der Waals surface area contributed by atoms with Crippen molar-refractivity contribution >= 4 is 0 Å². The highest BCUT2D eigenvalue weighted by Gasteiger charge is 2.44. The van der Waals surface area contributed by atoms with Gasteiger partial charge >= 0.3 is 0 Å². The van der Waals surface area contributed by atoms with E-state index in [0.29, 0.717) is 0 Å². The van der Waals surface area contributed by atoms with Gasteiger partial charge in [-0.2, -0.15) is 0 Å². The third-order valence-corrected chi connectivity index (χ3v) is 2.35. The smallest absolute Gasteiger partial charge is 0.186 e. The number of ether oxygens (including phenoxy) is 4. The van der Waals surface area contributed by atoms with Crippen LogP contribution in [0.25, 0.3) is 0 Å². The molecule has 90 valence electrons. The van der Waals surface area contributed by atoms with Crippen LogP contribution in [0.1, 0.15) is 2.74 Å². The van der Waals surface area contributed by atoms with E-state index in [1.807, 2.05) is 0 Å². The molecule has 2 N–H and O–H groups in total. The Morgan fingerprint density at radius 2 is 2.07 bits per heavy atom. The third kappa shape index (κ3) is 2.66. The summed E-state index contributed by atoms with van der Waals surface area (Å²) in [5.41, 5.74) is 0. The molecule has 0 amide bonds. The second-order valence-electron chi connectivity index (χ2n) is 3.26. The summed E-state index contributed by atoms with van der Waals surface area (Å²) in [6, 6.07) is 0. The number of aliphatic hydroxyl groups is 2. The summed E-state index contributed by atoms with van der Waals surface area (Å²) in [6.07, 6.45) is -4.98. The molecule has 1 fully saturated rings. The van der Waals surface area contributed by atoms with Crippen LogP contribution in [0.2, 0.25) is 0 Å². The Balaban J connectivity index is 2.66. The van der Waals surface area contributed by atoms with Gasteiger partial charge in [0.1, 0.15) is 24.4 Å². The SMILES string of the molecule is [2H]COC[C@H]1OC(OC)[C@H](O)[C@@H](OC[2H])[C@@H]1O. The fourth-order valence-electron chi connectivity index (χ4n) is 1.55. The fourth-order valence-corrected chi connectivity index (χ4v) is 1.55. The molecule has 0 aromatic rings. The lowest BCUT2D eigenvalue weighted by atomic mass is 9.99. The van der Waals surface area contributed by atoms with Crippen molar-refractivity contribution in [3.8, 4) is 0 Å². The van der Waals surface area contributed by atoms with Crippen LogP contribution in [0, 0.1) is 0 Å². The van der Waals surface area contributed by atoms with Gasteiger partial charge in [0.15, 0.2) is 6.29 Å². The minimum Gasteiger partial charge on any atom is -0.387 e. The van der Waals surface area contributed by atoms with Crippen molar-refractivity contribution in [3.63, 3.8) is 0 Å². The predicted octanol–water partition coefficient (Wildman–Crippen LogP) is -1.26. The lowest BCUT2D eigenvalue weighted by Gasteiger charge is -2.41. The summed E-state index contributed by atoms with van der Waals surface area (Å²) in [7, 11) is 0.712. The van der Waals surface area contributed by atoms with Crippen LogP contribution in [0.3, 0.4) is 0 Å². The van der Waals surface area contributed by atoms with E-state index in [1.54, 1.807) is 0 Å². The molecule has 5 atom stereocenters. The van der Waals surface area contributed by atoms with E-state index in [1.165, 1.54) is 7.11 Å². The average molecular weight is 224 g/mol. The standard InChI is InChI=1S/C9H18O6/c1-12-4-5-6(10)8(13-2)7(11)9(14-3)15-5/h5-11H,4H2,1-3H3/t5-,6-,7-,8+,9?/m1/s1/i1D,2D. The van der Waals surface area contributed by atoms with Crippen LogP contribution >= 0.6 is 0 Å². The van der Waals surface area contributed by atoms with Crippen LogP contribution in [0.5, 0.6) is 0 Å². The molecule has 6 heteroatoms. The maximum Gasteiger partial charge on any atom is 0.186 e. The molecule has 0 bridgehead atoms. The van der Waals surface area contributed by atoms with E-state index in [2.05, 4.69) is 0 Å². The Morgan fingerprint density at radius 3 is 2.67 bits per heavy atom. The van der Waals surface area contributed by atoms with E-state index >= 15 is 0 Å². The van der Waals surface area contributed by atoms with Gasteiger partial charge in [0.05, 0.1) is 9.35 Å². The fraction of sp³-hybridized carbons (Fsp3) is 1.00. The van der Waals surface area contributed by atoms with E-state index in [0.717, 1.165) is 0 Å². The van der Waals surface area contributed by atoms with Gasteiger partial charge in [-0.25, -0.2) is 0 Å². The highest BCUT2D eigenvalue weighted by Crippen LogP contribution is 2.23. The molecule has 15 heavy (non-hydrogen) atoms. The summed E-state index contributed by atoms with van der Waals surface area (Å²) < 4.78 is 33.8. The molecule has 1 saturated heterocycles. The quantitative estimate of drug-likeness (QED) is 0.620. The molecule has 0 radical (unpaired) electrons. The van der Waals surface area contributed by atoms with Crippen molar-refractivity contribution < 1.29 is 31.9 Å². The van der Waals surface area contributed by atoms with Gasteiger partial charge in [-0.05, 0) is 0 Å². The van der Waals surface area contributed by atoms with Gasteiger partial charge in [0, 0.05) is 21.3 Å². The van der Waals surface area contributed by atoms with Crippen LogP contribution in [-0.4, -0.2) is 68.8 Å². The molecule has 0 aliphatic carbocycles. The maximum atomic E-state index is 9.88. The first-order chi connectivity index (χ1) is 8.15. The molecule has 0 saturated carbocycles. The minimum absolute atomic E-state index is 0.00485. The van der Waals surface area contributed by atoms with Crippen molar-refractivity contribution in [2.45, 2.75) is 30.7 Å². The zero-order valence-electron chi connectivity index (χ0n) is 10.5. The number of methoxy groups -OCH3 is 3. The lowest BCUT2D eigenvalue weighted by Crippen LogP contribution is -2.59. The second kappa shape index (κ2) is 5.74. The molecule has 1 aliphatic rings. The first kappa shape index (κ1) is 9.95. The summed E-state index contributed by atoms with van der Waals surface area (Å²) in [6.45, 7) is -0.00485. The highest BCUT2D eigenvalue weighted by atomic mass is 16.7. The van der Waals surface area contributed by atoms with Crippen LogP contribution in [0.15, 0.2) is 0 Å². The Hall–Kier alpha value is -0.240. The van der Waals surface area contributed by atoms with Crippen LogP contribution in [0.4, 0.5) is 0 Å². The molecule has 1 heterocycles. The van der Waals surface area contributed by atoms with E-state index in [4.69, 9.17) is 21.7 Å². The average Bonchev–Trinajstić information content (AvgIpc) is 2.33. The summed E-state index contributed by atoms with van der Waals surface area (Å²) in [4.78, 5) is 0. The van der Waals surface area contributed by atoms with Crippen molar-refractivity contribution in [2.75, 3.05) is 27.9 Å². The summed E-state index contributed by atoms with van der Waals surface area (Å²) in [5.74, 6) is 0. The largest absolute Gasteiger partial charge is 0.387 e. The molecule has 1 rings (SSSR count). The van der Waals surface area contributed by atoms with Gasteiger partial charge in [0.2, 0.25) is 0 Å². The molecular formula is C9H18O6. The monoisotopic (exact) mass is 224 g/mol. The van der Waals surface area contributed by atoms with Gasteiger partial charge in [-0.3, -0.25) is 0 Å². The summed E-state index contributed by atoms with van der Waals surface area (Å²) >= 11 is 0. The van der Waals surface area contributed by atoms with Crippen LogP contribution < -0.4 is 0 Å². The number of hydrogen-bond donors (Lipinski definition) is 2. The van der Waals surface area contributed by atoms with Crippen molar-refractivity contribution in [2.24, 2.45) is 0 Å². The number of aliphatic hydroxyl groups excluding tert-OH is 2. The number of rotatable bonds is 4. The topological polar surface area (TPSA) is 77.4 Å². The van der Waals surface area contributed by atoms with E-state index < -0.39 is 30.7 Å². The minimum atomic E-state index is -1.17. The van der Waals surface area contributed by atoms with Crippen molar-refractivity contribution in [1.29, 1.82) is 0 Å². The Morgan fingerprint density at radius 1 is 1.27 bits per heavy atom. The molecule has 0 aromatic carbocycles. The van der Waals surface area contributed by atoms with Crippen LogP contribution in [-0.2, 0) is 18.9 Å². The molecule has 6 nitrogen and oxygen atoms in total. The molecule has 1 aliphatic heterocycles. The Bertz CT molecular complexity index is 220. The first-order valence-corrected chi connectivity index (χ1v) is 4.48. The molecule has 0 aromatic heterocycles. The van der Waals surface area contributed by atoms with Gasteiger partial charge in [-0.1, -0.05) is 0 Å².